The number of methoxy groups -OCH3 is 1. The third-order valence-corrected chi connectivity index (χ3v) is 6.47. The summed E-state index contributed by atoms with van der Waals surface area (Å²) in [5, 5.41) is 9.08. The number of carboxylic acids is 1. The Morgan fingerprint density at radius 2 is 2.03 bits per heavy atom. The van der Waals surface area contributed by atoms with Gasteiger partial charge in [0.2, 0.25) is 0 Å². The van der Waals surface area contributed by atoms with E-state index < -0.39 is 5.97 Å². The van der Waals surface area contributed by atoms with E-state index >= 15 is 0 Å². The predicted molar refractivity (Wildman–Crippen MR) is 121 cm³/mol. The summed E-state index contributed by atoms with van der Waals surface area (Å²) in [5.74, 6) is 0.789. The molecule has 0 bridgehead atoms. The zero-order chi connectivity index (χ0) is 22.9. The molecule has 5 rings (SSSR count). The molecule has 2 aliphatic rings. The van der Waals surface area contributed by atoms with Gasteiger partial charge in [0.1, 0.15) is 29.2 Å². The summed E-state index contributed by atoms with van der Waals surface area (Å²) in [5.41, 5.74) is 4.73. The van der Waals surface area contributed by atoms with Gasteiger partial charge in [0, 0.05) is 23.1 Å². The van der Waals surface area contributed by atoms with Crippen LogP contribution in [0, 0.1) is 5.82 Å². The molecule has 0 saturated carbocycles. The number of aliphatic carboxylic acids is 1. The van der Waals surface area contributed by atoms with Gasteiger partial charge in [-0.25, -0.2) is 4.39 Å². The summed E-state index contributed by atoms with van der Waals surface area (Å²) in [6.07, 6.45) is 1.80. The summed E-state index contributed by atoms with van der Waals surface area (Å²) in [7, 11) is 1.65. The molecule has 2 atom stereocenters. The average Bonchev–Trinajstić information content (AvgIpc) is 3.40. The Morgan fingerprint density at radius 3 is 2.85 bits per heavy atom. The van der Waals surface area contributed by atoms with E-state index in [0.717, 1.165) is 34.4 Å². The van der Waals surface area contributed by atoms with Crippen molar-refractivity contribution >= 4 is 5.97 Å². The van der Waals surface area contributed by atoms with E-state index in [9.17, 15) is 9.18 Å². The lowest BCUT2D eigenvalue weighted by Crippen LogP contribution is -2.07. The second-order valence-electron chi connectivity index (χ2n) is 8.58. The fourth-order valence-electron chi connectivity index (χ4n) is 4.90. The molecule has 0 amide bonds. The van der Waals surface area contributed by atoms with Crippen LogP contribution in [0.2, 0.25) is 0 Å². The molecule has 1 aliphatic carbocycles. The van der Waals surface area contributed by atoms with Gasteiger partial charge in [-0.2, -0.15) is 0 Å². The number of hydrogen-bond donors (Lipinski definition) is 1. The van der Waals surface area contributed by atoms with Crippen molar-refractivity contribution in [1.29, 1.82) is 0 Å². The molecule has 1 unspecified atom stereocenters. The molecule has 6 heteroatoms. The van der Waals surface area contributed by atoms with Crippen LogP contribution in [0.4, 0.5) is 4.39 Å². The van der Waals surface area contributed by atoms with Crippen LogP contribution in [0.5, 0.6) is 17.2 Å². The highest BCUT2D eigenvalue weighted by atomic mass is 19.1. The lowest BCUT2D eigenvalue weighted by atomic mass is 9.96. The fraction of sp³-hybridized carbons (Fsp3) is 0.296. The lowest BCUT2D eigenvalue weighted by molar-refractivity contribution is -0.137. The van der Waals surface area contributed by atoms with Gasteiger partial charge in [-0.15, -0.1) is 0 Å². The molecule has 0 spiro atoms. The molecule has 1 aliphatic heterocycles. The van der Waals surface area contributed by atoms with Crippen LogP contribution in [0.25, 0.3) is 0 Å². The highest BCUT2D eigenvalue weighted by Crippen LogP contribution is 2.42. The van der Waals surface area contributed by atoms with Crippen molar-refractivity contribution in [2.24, 2.45) is 0 Å². The molecule has 5 nitrogen and oxygen atoms in total. The van der Waals surface area contributed by atoms with Crippen molar-refractivity contribution in [1.82, 2.24) is 0 Å². The Balaban J connectivity index is 1.37. The van der Waals surface area contributed by atoms with Gasteiger partial charge < -0.3 is 19.3 Å². The van der Waals surface area contributed by atoms with Crippen LogP contribution in [0.15, 0.2) is 54.6 Å². The van der Waals surface area contributed by atoms with Crippen molar-refractivity contribution in [3.63, 3.8) is 0 Å². The van der Waals surface area contributed by atoms with Gasteiger partial charge in [0.15, 0.2) is 0 Å². The molecule has 0 radical (unpaired) electrons. The third-order valence-electron chi connectivity index (χ3n) is 6.47. The Hall–Kier alpha value is -3.54. The minimum absolute atomic E-state index is 0.0322. The van der Waals surface area contributed by atoms with Crippen LogP contribution in [-0.2, 0) is 17.6 Å². The zero-order valence-corrected chi connectivity index (χ0v) is 18.3. The van der Waals surface area contributed by atoms with Gasteiger partial charge in [-0.3, -0.25) is 4.79 Å². The number of rotatable bonds is 7. The van der Waals surface area contributed by atoms with Crippen LogP contribution in [-0.4, -0.2) is 24.8 Å². The standard InChI is InChI=1S/C27H25FO5/c1-31-19-4-2-3-16(12-19)11-17-5-9-23(28)27-22(17)8-10-24(27)33-20-6-7-21-18(13-26(29)30)15-32-25(21)14-20/h2-7,9,12,14,18,24H,8,10-11,13,15H2,1H3,(H,29,30)/t18?,24-/m1/s1. The summed E-state index contributed by atoms with van der Waals surface area (Å²) < 4.78 is 32.1. The molecule has 0 aromatic heterocycles. The van der Waals surface area contributed by atoms with Gasteiger partial charge in [-0.1, -0.05) is 24.3 Å². The minimum Gasteiger partial charge on any atom is -0.497 e. The Morgan fingerprint density at radius 1 is 1.15 bits per heavy atom. The average molecular weight is 448 g/mol. The summed E-state index contributed by atoms with van der Waals surface area (Å²) in [6, 6.07) is 16.8. The summed E-state index contributed by atoms with van der Waals surface area (Å²) in [6.45, 7) is 0.347. The summed E-state index contributed by atoms with van der Waals surface area (Å²) in [4.78, 5) is 11.1. The van der Waals surface area contributed by atoms with Gasteiger partial charge >= 0.3 is 5.97 Å². The number of ether oxygens (including phenoxy) is 3. The van der Waals surface area contributed by atoms with E-state index in [1.807, 2.05) is 42.5 Å². The first-order chi connectivity index (χ1) is 16.0. The number of hydrogen-bond acceptors (Lipinski definition) is 4. The maximum Gasteiger partial charge on any atom is 0.304 e. The molecule has 0 fully saturated rings. The number of fused-ring (bicyclic) bond motifs is 2. The first kappa shape index (κ1) is 21.3. The van der Waals surface area contributed by atoms with Crippen molar-refractivity contribution < 1.29 is 28.5 Å². The largest absolute Gasteiger partial charge is 0.497 e. The van der Waals surface area contributed by atoms with E-state index in [4.69, 9.17) is 19.3 Å². The molecule has 3 aromatic rings. The first-order valence-corrected chi connectivity index (χ1v) is 11.1. The Labute approximate surface area is 191 Å². The zero-order valence-electron chi connectivity index (χ0n) is 18.3. The van der Waals surface area contributed by atoms with Crippen molar-refractivity contribution in [3.05, 3.63) is 88.2 Å². The molecule has 3 aromatic carbocycles. The second kappa shape index (κ2) is 8.77. The number of benzene rings is 3. The van der Waals surface area contributed by atoms with Crippen molar-refractivity contribution in [3.8, 4) is 17.2 Å². The normalized spacial score (nSPS) is 18.4. The third kappa shape index (κ3) is 4.25. The first-order valence-electron chi connectivity index (χ1n) is 11.1. The van der Waals surface area contributed by atoms with Crippen LogP contribution in [0.3, 0.4) is 0 Å². The van der Waals surface area contributed by atoms with Crippen molar-refractivity contribution in [2.75, 3.05) is 13.7 Å². The number of carbonyl (C=O) groups is 1. The Kier molecular flexibility index (Phi) is 5.67. The predicted octanol–water partition coefficient (Wildman–Crippen LogP) is 5.44. The molecule has 1 heterocycles. The smallest absolute Gasteiger partial charge is 0.304 e. The van der Waals surface area contributed by atoms with E-state index in [1.54, 1.807) is 13.2 Å². The van der Waals surface area contributed by atoms with Gasteiger partial charge in [-0.05, 0) is 60.2 Å². The van der Waals surface area contributed by atoms with Crippen LogP contribution < -0.4 is 14.2 Å². The maximum absolute atomic E-state index is 14.9. The molecular formula is C27H25FO5. The van der Waals surface area contributed by atoms with E-state index in [-0.39, 0.29) is 24.3 Å². The molecular weight excluding hydrogens is 423 g/mol. The van der Waals surface area contributed by atoms with Crippen LogP contribution >= 0.6 is 0 Å². The van der Waals surface area contributed by atoms with Gasteiger partial charge in [0.25, 0.3) is 0 Å². The number of halogens is 1. The lowest BCUT2D eigenvalue weighted by Gasteiger charge is -2.17. The number of carboxylic acid groups (broad SMARTS) is 1. The van der Waals surface area contributed by atoms with Crippen molar-refractivity contribution in [2.45, 2.75) is 37.7 Å². The molecule has 33 heavy (non-hydrogen) atoms. The maximum atomic E-state index is 14.9. The van der Waals surface area contributed by atoms with E-state index in [2.05, 4.69) is 0 Å². The molecule has 1 N–H and O–H groups in total. The highest BCUT2D eigenvalue weighted by molar-refractivity contribution is 5.68. The van der Waals surface area contributed by atoms with Gasteiger partial charge in [0.05, 0.1) is 20.1 Å². The second-order valence-corrected chi connectivity index (χ2v) is 8.58. The quantitative estimate of drug-likeness (QED) is 0.521. The molecule has 0 saturated heterocycles. The molecule has 170 valence electrons. The van der Waals surface area contributed by atoms with E-state index in [0.29, 0.717) is 36.5 Å². The monoisotopic (exact) mass is 448 g/mol. The minimum atomic E-state index is -0.848. The van der Waals surface area contributed by atoms with Crippen LogP contribution in [0.1, 0.15) is 52.7 Å². The Bertz CT molecular complexity index is 1210. The SMILES string of the molecule is COc1cccc(Cc2ccc(F)c3c2CC[C@H]3Oc2ccc3c(c2)OCC3CC(=O)O)c1. The highest BCUT2D eigenvalue weighted by Gasteiger charge is 2.31. The topological polar surface area (TPSA) is 65.0 Å². The fourth-order valence-corrected chi connectivity index (χ4v) is 4.90. The van der Waals surface area contributed by atoms with E-state index in [1.165, 1.54) is 6.07 Å². The summed E-state index contributed by atoms with van der Waals surface area (Å²) >= 11 is 0.